The molecule has 3 saturated carbocycles. The fourth-order valence-electron chi connectivity index (χ4n) is 12.7. The lowest BCUT2D eigenvalue weighted by atomic mass is 9.67. The first kappa shape index (κ1) is 27.6. The summed E-state index contributed by atoms with van der Waals surface area (Å²) in [6.07, 6.45) is 10.5. The quantitative estimate of drug-likeness (QED) is 0.176. The Bertz CT molecular complexity index is 2910. The van der Waals surface area contributed by atoms with Gasteiger partial charge >= 0.3 is 0 Å². The summed E-state index contributed by atoms with van der Waals surface area (Å²) in [6.45, 7) is 0. The van der Waals surface area contributed by atoms with Crippen molar-refractivity contribution in [2.24, 2.45) is 17.8 Å². The molecule has 0 N–H and O–H groups in total. The summed E-state index contributed by atoms with van der Waals surface area (Å²) in [5.74, 6) is 3.42. The summed E-state index contributed by atoms with van der Waals surface area (Å²) in [7, 11) is 0. The number of carbonyl (C=O) groups is 1. The zero-order chi connectivity index (χ0) is 33.3. The van der Waals surface area contributed by atoms with Gasteiger partial charge in [0.2, 0.25) is 0 Å². The van der Waals surface area contributed by atoms with Gasteiger partial charge in [0.1, 0.15) is 11.2 Å². The molecule has 0 radical (unpaired) electrons. The summed E-state index contributed by atoms with van der Waals surface area (Å²) in [4.78, 5) is 14.1. The minimum atomic E-state index is 0.148. The number of ketones is 1. The normalized spacial score (nSPS) is 26.5. The van der Waals surface area contributed by atoms with Gasteiger partial charge in [-0.3, -0.25) is 4.79 Å². The monoisotopic (exact) mass is 660 g/mol. The number of rotatable bonds is 1. The van der Waals surface area contributed by atoms with Crippen LogP contribution < -0.4 is 0 Å². The zero-order valence-electron chi connectivity index (χ0n) is 28.5. The lowest BCUT2D eigenvalue weighted by molar-refractivity contribution is 0.0898. The largest absolute Gasteiger partial charge is 0.456 e. The van der Waals surface area contributed by atoms with Gasteiger partial charge in [-0.2, -0.15) is 5.26 Å². The predicted octanol–water partition coefficient (Wildman–Crippen LogP) is 12.1. The number of carbonyl (C=O) groups excluding carboxylic acids is 1. The van der Waals surface area contributed by atoms with E-state index in [1.807, 2.05) is 6.07 Å². The van der Waals surface area contributed by atoms with Crippen molar-refractivity contribution in [2.75, 3.05) is 0 Å². The molecule has 0 spiro atoms. The van der Waals surface area contributed by atoms with E-state index in [2.05, 4.69) is 77.2 Å². The van der Waals surface area contributed by atoms with Crippen LogP contribution in [-0.4, -0.2) is 10.2 Å². The Morgan fingerprint density at radius 2 is 1.37 bits per heavy atom. The number of aromatic nitrogens is 1. The first-order valence-electron chi connectivity index (χ1n) is 19.3. The molecule has 3 heterocycles. The number of hydrogen-bond donors (Lipinski definition) is 0. The van der Waals surface area contributed by atoms with Crippen LogP contribution in [0.5, 0.6) is 0 Å². The number of furan rings is 1. The van der Waals surface area contributed by atoms with Gasteiger partial charge in [-0.25, -0.2) is 0 Å². The molecule has 4 heteroatoms. The summed E-state index contributed by atoms with van der Waals surface area (Å²) in [5, 5.41) is 18.3. The second-order valence-corrected chi connectivity index (χ2v) is 17.0. The molecule has 8 aromatic rings. The number of hydrogen-bond acceptors (Lipinski definition) is 3. The van der Waals surface area contributed by atoms with Crippen molar-refractivity contribution in [3.8, 4) is 17.2 Å². The Morgan fingerprint density at radius 3 is 2.20 bits per heavy atom. The molecule has 2 atom stereocenters. The van der Waals surface area contributed by atoms with Crippen LogP contribution in [0, 0.1) is 29.1 Å². The lowest BCUT2D eigenvalue weighted by Crippen LogP contribution is -2.25. The van der Waals surface area contributed by atoms with E-state index in [0.29, 0.717) is 23.5 Å². The van der Waals surface area contributed by atoms with E-state index in [9.17, 15) is 10.1 Å². The van der Waals surface area contributed by atoms with Crippen LogP contribution in [0.15, 0.2) is 77.2 Å². The predicted molar refractivity (Wildman–Crippen MR) is 203 cm³/mol. The van der Waals surface area contributed by atoms with Crippen molar-refractivity contribution in [1.82, 2.24) is 4.40 Å². The first-order chi connectivity index (χ1) is 25.1. The minimum Gasteiger partial charge on any atom is -0.456 e. The van der Waals surface area contributed by atoms with E-state index < -0.39 is 0 Å². The van der Waals surface area contributed by atoms with Crippen molar-refractivity contribution < 1.29 is 9.21 Å². The van der Waals surface area contributed by atoms with E-state index in [-0.39, 0.29) is 5.92 Å². The Balaban J connectivity index is 1.22. The highest BCUT2D eigenvalue weighted by Gasteiger charge is 2.45. The summed E-state index contributed by atoms with van der Waals surface area (Å²) in [5.41, 5.74) is 13.6. The van der Waals surface area contributed by atoms with E-state index in [1.165, 1.54) is 87.0 Å². The topological polar surface area (TPSA) is 58.4 Å². The molecule has 7 aliphatic rings. The Kier molecular flexibility index (Phi) is 5.08. The third-order valence-corrected chi connectivity index (χ3v) is 14.5. The van der Waals surface area contributed by atoms with Crippen LogP contribution >= 0.6 is 0 Å². The standard InChI is InChI=1S/C47H36N2O2/c48-22-30-19-39-45(43-29-15-23-12-24(16-29)14-28(13-23)42(30)43)37-18-27(31-5-3-7-41-44(31)32-4-1-2-6-40(32)51-41)17-35-34-20-33-25-8-10-26(11-9-25)47(50)36(33)21-38(34)49(39)46(35)37/h1-7,17-21,23-26,28-29H,8-16H2. The zero-order valence-corrected chi connectivity index (χ0v) is 28.5. The average Bonchev–Trinajstić information content (AvgIpc) is 3.71. The van der Waals surface area contributed by atoms with Crippen molar-refractivity contribution in [2.45, 2.75) is 75.5 Å². The van der Waals surface area contributed by atoms with Crippen LogP contribution in [0.2, 0.25) is 0 Å². The van der Waals surface area contributed by atoms with E-state index >= 15 is 0 Å². The van der Waals surface area contributed by atoms with Crippen LogP contribution in [-0.2, 0) is 0 Å². The molecule has 2 unspecified atom stereocenters. The van der Waals surface area contributed by atoms with Crippen molar-refractivity contribution in [3.05, 3.63) is 101 Å². The van der Waals surface area contributed by atoms with Crippen molar-refractivity contribution in [1.29, 1.82) is 5.26 Å². The number of fused-ring (bicyclic) bond motifs is 11. The lowest BCUT2D eigenvalue weighted by Gasteiger charge is -2.38. The first-order valence-corrected chi connectivity index (χ1v) is 19.3. The molecular weight excluding hydrogens is 625 g/mol. The van der Waals surface area contributed by atoms with Crippen LogP contribution in [0.4, 0.5) is 0 Å². The highest BCUT2D eigenvalue weighted by Crippen LogP contribution is 2.60. The third-order valence-electron chi connectivity index (χ3n) is 14.5. The Hall–Kier alpha value is -5.14. The second-order valence-electron chi connectivity index (χ2n) is 17.0. The van der Waals surface area contributed by atoms with Crippen molar-refractivity contribution in [3.63, 3.8) is 0 Å². The van der Waals surface area contributed by atoms with Crippen LogP contribution in [0.3, 0.4) is 0 Å². The van der Waals surface area contributed by atoms with Gasteiger partial charge in [-0.05, 0) is 158 Å². The van der Waals surface area contributed by atoms with Gasteiger partial charge in [0, 0.05) is 43.8 Å². The highest BCUT2D eigenvalue weighted by molar-refractivity contribution is 6.27. The summed E-state index contributed by atoms with van der Waals surface area (Å²) in [6, 6.07) is 29.4. The average molecular weight is 661 g/mol. The smallest absolute Gasteiger partial charge is 0.166 e. The number of nitriles is 1. The molecule has 4 nitrogen and oxygen atoms in total. The number of benzene rings is 5. The van der Waals surface area contributed by atoms with Gasteiger partial charge in [-0.1, -0.05) is 30.3 Å². The maximum Gasteiger partial charge on any atom is 0.166 e. The Labute approximate surface area is 295 Å². The molecule has 0 amide bonds. The van der Waals surface area contributed by atoms with Crippen molar-refractivity contribution >= 4 is 65.8 Å². The number of Topliss-reactive ketones (excluding diaryl/α,β-unsaturated/α-hetero) is 1. The Morgan fingerprint density at radius 1 is 0.627 bits per heavy atom. The molecule has 3 aromatic heterocycles. The van der Waals surface area contributed by atoms with Gasteiger partial charge < -0.3 is 8.82 Å². The highest BCUT2D eigenvalue weighted by atomic mass is 16.3. The molecule has 0 saturated heterocycles. The second kappa shape index (κ2) is 9.39. The van der Waals surface area contributed by atoms with Gasteiger partial charge in [-0.15, -0.1) is 0 Å². The minimum absolute atomic E-state index is 0.148. The van der Waals surface area contributed by atoms with Crippen LogP contribution in [0.25, 0.3) is 71.2 Å². The third kappa shape index (κ3) is 3.39. The van der Waals surface area contributed by atoms with E-state index in [4.69, 9.17) is 4.42 Å². The molecule has 246 valence electrons. The molecule has 3 fully saturated rings. The number of para-hydroxylation sites is 1. The number of nitrogens with zero attached hydrogens (tertiary/aromatic N) is 2. The van der Waals surface area contributed by atoms with E-state index in [0.717, 1.165) is 81.6 Å². The molecule has 15 rings (SSSR count). The van der Waals surface area contributed by atoms with E-state index in [1.54, 1.807) is 0 Å². The van der Waals surface area contributed by atoms with Gasteiger partial charge in [0.05, 0.1) is 28.2 Å². The molecule has 51 heavy (non-hydrogen) atoms. The van der Waals surface area contributed by atoms with Crippen LogP contribution in [0.1, 0.15) is 108 Å². The fourth-order valence-corrected chi connectivity index (χ4v) is 12.7. The maximum atomic E-state index is 14.1. The SMILES string of the molecule is N#Cc1cc2c(c3c1C1CC4CC(C1)CC3C4)c1cc(-c3cccc4oc5ccccc5c34)cc3c4cc5c(cc4n2c31)C(=O)C1CCC5CC1. The molecular formula is C47H36N2O2. The molecule has 0 aliphatic heterocycles. The van der Waals surface area contributed by atoms with Gasteiger partial charge in [0.25, 0.3) is 0 Å². The maximum absolute atomic E-state index is 14.1. The molecule has 6 bridgehead atoms. The van der Waals surface area contributed by atoms with Gasteiger partial charge in [0.15, 0.2) is 5.78 Å². The molecule has 7 aliphatic carbocycles. The molecule has 5 aromatic carbocycles. The summed E-state index contributed by atoms with van der Waals surface area (Å²) < 4.78 is 8.86. The fraction of sp³-hybridized carbons (Fsp3) is 0.319. The summed E-state index contributed by atoms with van der Waals surface area (Å²) >= 11 is 0.